The molecule has 0 spiro atoms. The van der Waals surface area contributed by atoms with Crippen LogP contribution in [0.2, 0.25) is 0 Å². The van der Waals surface area contributed by atoms with Gasteiger partial charge in [-0.1, -0.05) is 12.8 Å². The van der Waals surface area contributed by atoms with Gasteiger partial charge in [0.1, 0.15) is 11.5 Å². The number of pyridine rings is 2. The summed E-state index contributed by atoms with van der Waals surface area (Å²) in [5.41, 5.74) is 13.3. The van der Waals surface area contributed by atoms with Gasteiger partial charge >= 0.3 is 0 Å². The number of halogens is 1. The van der Waals surface area contributed by atoms with Crippen LogP contribution in [0.1, 0.15) is 48.9 Å². The molecule has 186 valence electrons. The second-order valence-electron chi connectivity index (χ2n) is 9.56. The first-order valence-corrected chi connectivity index (χ1v) is 12.5. The zero-order valence-corrected chi connectivity index (χ0v) is 19.8. The number of aromatic nitrogens is 3. The number of anilines is 3. The number of carbonyl (C=O) groups excluding carboxylic acids is 1. The first-order valence-electron chi connectivity index (χ1n) is 12.5. The van der Waals surface area contributed by atoms with Crippen LogP contribution in [0.4, 0.5) is 21.7 Å². The van der Waals surface area contributed by atoms with E-state index in [1.165, 1.54) is 12.8 Å². The van der Waals surface area contributed by atoms with E-state index in [-0.39, 0.29) is 29.3 Å². The number of primary amides is 1. The van der Waals surface area contributed by atoms with E-state index in [2.05, 4.69) is 30.1 Å². The molecule has 2 fully saturated rings. The number of amides is 1. The van der Waals surface area contributed by atoms with E-state index in [0.717, 1.165) is 74.6 Å². The van der Waals surface area contributed by atoms with Crippen molar-refractivity contribution in [3.8, 4) is 0 Å². The summed E-state index contributed by atoms with van der Waals surface area (Å²) in [6.45, 7) is 4.12. The Balaban J connectivity index is 1.42. The molecule has 0 unspecified atom stereocenters. The minimum atomic E-state index is -0.756. The molecule has 4 heterocycles. The molecule has 10 heteroatoms. The average molecular weight is 481 g/mol. The Labute approximate surface area is 204 Å². The van der Waals surface area contributed by atoms with Crippen molar-refractivity contribution in [3.63, 3.8) is 0 Å². The zero-order chi connectivity index (χ0) is 24.4. The lowest BCUT2D eigenvalue weighted by Gasteiger charge is -2.30. The first-order chi connectivity index (χ1) is 17.0. The van der Waals surface area contributed by atoms with Gasteiger partial charge in [-0.15, -0.1) is 0 Å². The number of nitrogens with zero attached hydrogens (tertiary/aromatic N) is 4. The molecule has 2 atom stereocenters. The highest BCUT2D eigenvalue weighted by Gasteiger charge is 2.25. The smallest absolute Gasteiger partial charge is 0.252 e. The number of likely N-dealkylation sites (tertiary alicyclic amines) is 1. The summed E-state index contributed by atoms with van der Waals surface area (Å²) in [5, 5.41) is 7.25. The normalized spacial score (nSPS) is 20.9. The Kier molecular flexibility index (Phi) is 6.83. The molecule has 1 saturated carbocycles. The highest BCUT2D eigenvalue weighted by atomic mass is 19.1. The molecule has 1 amide bonds. The van der Waals surface area contributed by atoms with Crippen LogP contribution in [0.25, 0.3) is 11.0 Å². The minimum Gasteiger partial charge on any atom is -0.365 e. The maximum Gasteiger partial charge on any atom is 0.252 e. The van der Waals surface area contributed by atoms with E-state index in [0.29, 0.717) is 0 Å². The Morgan fingerprint density at radius 3 is 2.69 bits per heavy atom. The van der Waals surface area contributed by atoms with Crippen molar-refractivity contribution in [1.29, 1.82) is 0 Å². The van der Waals surface area contributed by atoms with Crippen LogP contribution < -0.4 is 22.1 Å². The molecule has 1 aliphatic heterocycles. The lowest BCUT2D eigenvalue weighted by Crippen LogP contribution is -2.43. The largest absolute Gasteiger partial charge is 0.365 e. The van der Waals surface area contributed by atoms with Crippen LogP contribution in [0, 0.1) is 5.82 Å². The Hall–Kier alpha value is -3.24. The molecular formula is C25H33FN8O. The van der Waals surface area contributed by atoms with Gasteiger partial charge in [-0.3, -0.25) is 4.79 Å². The van der Waals surface area contributed by atoms with E-state index >= 15 is 0 Å². The molecule has 1 saturated heterocycles. The van der Waals surface area contributed by atoms with Crippen molar-refractivity contribution < 1.29 is 9.18 Å². The summed E-state index contributed by atoms with van der Waals surface area (Å²) in [6, 6.07) is 4.79. The third kappa shape index (κ3) is 5.08. The predicted octanol–water partition coefficient (Wildman–Crippen LogP) is 3.19. The third-order valence-electron chi connectivity index (χ3n) is 7.15. The van der Waals surface area contributed by atoms with Crippen LogP contribution in [0.3, 0.4) is 0 Å². The maximum absolute atomic E-state index is 14.9. The van der Waals surface area contributed by atoms with Gasteiger partial charge in [0, 0.05) is 43.0 Å². The molecule has 1 aliphatic carbocycles. The lowest BCUT2D eigenvalue weighted by molar-refractivity contribution is 0.100. The molecule has 6 N–H and O–H groups in total. The fourth-order valence-electron chi connectivity index (χ4n) is 5.15. The number of fused-ring (bicyclic) bond motifs is 1. The molecule has 0 radical (unpaired) electrons. The molecule has 0 bridgehead atoms. The standard InChI is InChI=1S/C25H33FN8O/c26-18-15-17(22(28)35)23(32-24(18)31-21-6-2-1-5-19(21)27)30-20-7-9-29-25-16(20)8-12-34(25)14-13-33-10-3-4-11-33/h7-9,12,15,19,21H,1-6,10-11,13-14,27H2,(H2,28,35)(H2,29,30,31,32)/t19-,21+/m0/s1. The molecule has 9 nitrogen and oxygen atoms in total. The molecule has 0 aromatic carbocycles. The second-order valence-corrected chi connectivity index (χ2v) is 9.56. The van der Waals surface area contributed by atoms with Crippen molar-refractivity contribution in [2.45, 2.75) is 57.2 Å². The monoisotopic (exact) mass is 480 g/mol. The van der Waals surface area contributed by atoms with Gasteiger partial charge in [0.05, 0.1) is 11.3 Å². The maximum atomic E-state index is 14.9. The van der Waals surface area contributed by atoms with E-state index in [1.807, 2.05) is 18.3 Å². The highest BCUT2D eigenvalue weighted by molar-refractivity contribution is 6.00. The molecule has 5 rings (SSSR count). The van der Waals surface area contributed by atoms with Crippen molar-refractivity contribution in [2.75, 3.05) is 30.3 Å². The van der Waals surface area contributed by atoms with Gasteiger partial charge in [0.2, 0.25) is 0 Å². The van der Waals surface area contributed by atoms with E-state index in [4.69, 9.17) is 11.5 Å². The Morgan fingerprint density at radius 1 is 1.11 bits per heavy atom. The number of nitrogens with two attached hydrogens (primary N) is 2. The highest BCUT2D eigenvalue weighted by Crippen LogP contribution is 2.30. The van der Waals surface area contributed by atoms with Gasteiger partial charge in [0.25, 0.3) is 5.91 Å². The molecular weight excluding hydrogens is 447 g/mol. The third-order valence-corrected chi connectivity index (χ3v) is 7.15. The Morgan fingerprint density at radius 2 is 1.91 bits per heavy atom. The van der Waals surface area contributed by atoms with E-state index < -0.39 is 11.7 Å². The fraction of sp³-hybridized carbons (Fsp3) is 0.480. The van der Waals surface area contributed by atoms with E-state index in [9.17, 15) is 9.18 Å². The number of rotatable bonds is 8. The number of hydrogen-bond acceptors (Lipinski definition) is 7. The fourth-order valence-corrected chi connectivity index (χ4v) is 5.15. The topological polar surface area (TPSA) is 127 Å². The number of nitrogens with one attached hydrogen (secondary N) is 2. The van der Waals surface area contributed by atoms with Gasteiger partial charge in [-0.05, 0) is 57.0 Å². The van der Waals surface area contributed by atoms with Gasteiger partial charge in [0.15, 0.2) is 11.6 Å². The summed E-state index contributed by atoms with van der Waals surface area (Å²) < 4.78 is 17.0. The number of hydrogen-bond donors (Lipinski definition) is 4. The molecule has 3 aromatic rings. The van der Waals surface area contributed by atoms with Crippen molar-refractivity contribution in [2.24, 2.45) is 11.5 Å². The van der Waals surface area contributed by atoms with Gasteiger partial charge in [-0.25, -0.2) is 14.4 Å². The predicted molar refractivity (Wildman–Crippen MR) is 135 cm³/mol. The van der Waals surface area contributed by atoms with Crippen molar-refractivity contribution >= 4 is 34.3 Å². The summed E-state index contributed by atoms with van der Waals surface area (Å²) >= 11 is 0. The lowest BCUT2D eigenvalue weighted by atomic mass is 9.91. The molecule has 35 heavy (non-hydrogen) atoms. The zero-order valence-electron chi connectivity index (χ0n) is 19.8. The quantitative estimate of drug-likeness (QED) is 0.390. The second kappa shape index (κ2) is 10.2. The summed E-state index contributed by atoms with van der Waals surface area (Å²) in [4.78, 5) is 23.6. The van der Waals surface area contributed by atoms with Crippen LogP contribution in [-0.2, 0) is 6.54 Å². The summed E-state index contributed by atoms with van der Waals surface area (Å²) in [5.74, 6) is -1.13. The van der Waals surface area contributed by atoms with Crippen LogP contribution in [0.5, 0.6) is 0 Å². The number of carbonyl (C=O) groups is 1. The first kappa shape index (κ1) is 23.5. The van der Waals surface area contributed by atoms with Crippen molar-refractivity contribution in [3.05, 3.63) is 42.0 Å². The van der Waals surface area contributed by atoms with Crippen LogP contribution in [-0.4, -0.2) is 57.1 Å². The average Bonchev–Trinajstić information content (AvgIpc) is 3.51. The van der Waals surface area contributed by atoms with Gasteiger partial charge in [-0.2, -0.15) is 0 Å². The summed E-state index contributed by atoms with van der Waals surface area (Å²) in [7, 11) is 0. The van der Waals surface area contributed by atoms with Crippen LogP contribution in [0.15, 0.2) is 30.6 Å². The SMILES string of the molecule is NC(=O)c1cc(F)c(N[C@@H]2CCCC[C@@H]2N)nc1Nc1ccnc2c1ccn2CCN1CCCC1. The van der Waals surface area contributed by atoms with Crippen molar-refractivity contribution in [1.82, 2.24) is 19.4 Å². The summed E-state index contributed by atoms with van der Waals surface area (Å²) in [6.07, 6.45) is 10.1. The molecule has 3 aromatic heterocycles. The minimum absolute atomic E-state index is 0.0144. The van der Waals surface area contributed by atoms with Crippen LogP contribution >= 0.6 is 0 Å². The van der Waals surface area contributed by atoms with Gasteiger partial charge < -0.3 is 31.6 Å². The Bertz CT molecular complexity index is 1210. The van der Waals surface area contributed by atoms with E-state index in [1.54, 1.807) is 6.20 Å². The molecule has 2 aliphatic rings.